The maximum absolute atomic E-state index is 2.48. The molecule has 0 aliphatic heterocycles. The van der Waals surface area contributed by atoms with E-state index in [0.717, 1.165) is 11.4 Å². The predicted octanol–water partition coefficient (Wildman–Crippen LogP) is 14.9. The smallest absolute Gasteiger partial charge is 0.0482 e. The van der Waals surface area contributed by atoms with Crippen molar-refractivity contribution in [3.8, 4) is 33.4 Å². The molecule has 0 saturated heterocycles. The largest absolute Gasteiger partial charge is 0.310 e. The molecule has 1 heterocycles. The topological polar surface area (TPSA) is 3.24 Å². The van der Waals surface area contributed by atoms with Crippen LogP contribution in [-0.4, -0.2) is 0 Å². The molecular formula is C51H35NS. The van der Waals surface area contributed by atoms with Crippen molar-refractivity contribution in [2.24, 2.45) is 0 Å². The van der Waals surface area contributed by atoms with Gasteiger partial charge in [-0.25, -0.2) is 0 Å². The molecule has 0 spiro atoms. The Kier molecular flexibility index (Phi) is 6.53. The van der Waals surface area contributed by atoms with Gasteiger partial charge in [0.25, 0.3) is 0 Å². The second kappa shape index (κ2) is 11.4. The monoisotopic (exact) mass is 693 g/mol. The first-order valence-electron chi connectivity index (χ1n) is 18.4. The van der Waals surface area contributed by atoms with Gasteiger partial charge in [-0.1, -0.05) is 147 Å². The molecule has 1 nitrogen and oxygen atoms in total. The van der Waals surface area contributed by atoms with Gasteiger partial charge in [0.15, 0.2) is 0 Å². The first kappa shape index (κ1) is 30.4. The highest BCUT2D eigenvalue weighted by Gasteiger charge is 2.37. The third-order valence-electron chi connectivity index (χ3n) is 11.6. The average Bonchev–Trinajstić information content (AvgIpc) is 3.70. The Morgan fingerprint density at radius 3 is 1.79 bits per heavy atom. The number of hydrogen-bond donors (Lipinski definition) is 0. The summed E-state index contributed by atoms with van der Waals surface area (Å²) < 4.78 is 2.66. The first-order valence-corrected chi connectivity index (χ1v) is 19.2. The van der Waals surface area contributed by atoms with Gasteiger partial charge >= 0.3 is 0 Å². The highest BCUT2D eigenvalue weighted by Crippen LogP contribution is 2.54. The highest BCUT2D eigenvalue weighted by molar-refractivity contribution is 7.26. The summed E-state index contributed by atoms with van der Waals surface area (Å²) in [4.78, 5) is 2.48. The molecule has 9 aromatic carbocycles. The molecule has 2 heteroatoms. The molecule has 1 aromatic heterocycles. The van der Waals surface area contributed by atoms with Gasteiger partial charge in [-0.05, 0) is 109 Å². The molecule has 53 heavy (non-hydrogen) atoms. The maximum atomic E-state index is 2.48. The van der Waals surface area contributed by atoms with E-state index in [1.165, 1.54) is 91.9 Å². The number of fused-ring (bicyclic) bond motifs is 6. The molecule has 0 radical (unpaired) electrons. The van der Waals surface area contributed by atoms with Crippen molar-refractivity contribution >= 4 is 70.1 Å². The van der Waals surface area contributed by atoms with Crippen LogP contribution in [0.15, 0.2) is 176 Å². The van der Waals surface area contributed by atoms with Gasteiger partial charge in [-0.15, -0.1) is 11.3 Å². The highest BCUT2D eigenvalue weighted by atomic mass is 32.1. The molecule has 0 unspecified atom stereocenters. The van der Waals surface area contributed by atoms with Crippen molar-refractivity contribution in [1.82, 2.24) is 0 Å². The van der Waals surface area contributed by atoms with Crippen LogP contribution in [0.1, 0.15) is 25.0 Å². The summed E-state index contributed by atoms with van der Waals surface area (Å²) in [5, 5.41) is 8.03. The van der Waals surface area contributed by atoms with Crippen molar-refractivity contribution in [1.29, 1.82) is 0 Å². The van der Waals surface area contributed by atoms with Crippen LogP contribution in [0.4, 0.5) is 17.1 Å². The summed E-state index contributed by atoms with van der Waals surface area (Å²) >= 11 is 1.91. The summed E-state index contributed by atoms with van der Waals surface area (Å²) in [6, 6.07) is 65.2. The molecule has 1 aliphatic rings. The normalized spacial score (nSPS) is 13.2. The number of hydrogen-bond acceptors (Lipinski definition) is 2. The van der Waals surface area contributed by atoms with Crippen molar-refractivity contribution in [2.45, 2.75) is 19.3 Å². The average molecular weight is 694 g/mol. The van der Waals surface area contributed by atoms with Gasteiger partial charge in [-0.2, -0.15) is 0 Å². The van der Waals surface area contributed by atoms with Gasteiger partial charge in [-0.3, -0.25) is 0 Å². The van der Waals surface area contributed by atoms with Gasteiger partial charge in [0.1, 0.15) is 0 Å². The zero-order valence-corrected chi connectivity index (χ0v) is 30.4. The molecule has 0 amide bonds. The van der Waals surface area contributed by atoms with Crippen molar-refractivity contribution < 1.29 is 0 Å². The lowest BCUT2D eigenvalue weighted by Crippen LogP contribution is -2.16. The lowest BCUT2D eigenvalue weighted by molar-refractivity contribution is 0.660. The number of benzene rings is 9. The standard InChI is InChI=1S/C51H35NS/c1-51(2)44-21-11-19-38(34-15-7-4-8-16-34)48(44)42-28-27-36(30-45(42)51)52(35-25-23-33(24-26-35)32-13-5-3-6-14-32)37-29-43-40-18-10-9-17-39(40)41-20-12-22-46-49(41)50(43)47(31-37)53-46/h3-31H,1-2H3. The number of nitrogens with zero attached hydrogens (tertiary/aromatic N) is 1. The van der Waals surface area contributed by atoms with Crippen LogP contribution in [0.5, 0.6) is 0 Å². The van der Waals surface area contributed by atoms with Crippen LogP contribution >= 0.6 is 11.3 Å². The first-order chi connectivity index (χ1) is 26.0. The predicted molar refractivity (Wildman–Crippen MR) is 229 cm³/mol. The molecule has 0 N–H and O–H groups in total. The zero-order chi connectivity index (χ0) is 35.3. The van der Waals surface area contributed by atoms with Gasteiger partial charge in [0.2, 0.25) is 0 Å². The Balaban J connectivity index is 1.15. The molecule has 11 rings (SSSR count). The van der Waals surface area contributed by atoms with Crippen LogP contribution in [-0.2, 0) is 5.41 Å². The van der Waals surface area contributed by atoms with Crippen LogP contribution in [0.25, 0.3) is 75.1 Å². The van der Waals surface area contributed by atoms with Crippen LogP contribution in [0.3, 0.4) is 0 Å². The fourth-order valence-corrected chi connectivity index (χ4v) is 10.3. The van der Waals surface area contributed by atoms with E-state index in [2.05, 4.69) is 195 Å². The lowest BCUT2D eigenvalue weighted by atomic mass is 9.81. The summed E-state index contributed by atoms with van der Waals surface area (Å²) in [5.74, 6) is 0. The Morgan fingerprint density at radius 1 is 0.396 bits per heavy atom. The summed E-state index contributed by atoms with van der Waals surface area (Å²) in [6.45, 7) is 4.77. The van der Waals surface area contributed by atoms with Gasteiger partial charge < -0.3 is 4.90 Å². The minimum atomic E-state index is -0.162. The van der Waals surface area contributed by atoms with E-state index >= 15 is 0 Å². The van der Waals surface area contributed by atoms with Crippen molar-refractivity contribution in [2.75, 3.05) is 4.90 Å². The Bertz CT molecular complexity index is 3010. The number of rotatable bonds is 5. The molecule has 0 saturated carbocycles. The molecule has 0 bridgehead atoms. The summed E-state index contributed by atoms with van der Waals surface area (Å²) in [5.41, 5.74) is 13.7. The van der Waals surface area contributed by atoms with Crippen LogP contribution in [0, 0.1) is 0 Å². The Hall–Kier alpha value is -6.22. The second-order valence-electron chi connectivity index (χ2n) is 14.9. The minimum Gasteiger partial charge on any atom is -0.310 e. The third kappa shape index (κ3) is 4.49. The SMILES string of the molecule is CC1(C)c2cc(N(c3ccc(-c4ccccc4)cc3)c3cc4sc5cccc6c7ccccc7c(c3)c4c56)ccc2-c2c(-c3ccccc3)cccc21. The number of anilines is 3. The molecule has 10 aromatic rings. The van der Waals surface area contributed by atoms with Crippen molar-refractivity contribution in [3.63, 3.8) is 0 Å². The Morgan fingerprint density at radius 2 is 1.02 bits per heavy atom. The van der Waals surface area contributed by atoms with E-state index in [0.29, 0.717) is 0 Å². The molecule has 0 fully saturated rings. The molecule has 250 valence electrons. The Labute approximate surface area is 313 Å². The van der Waals surface area contributed by atoms with E-state index < -0.39 is 0 Å². The fraction of sp³-hybridized carbons (Fsp3) is 0.0588. The second-order valence-corrected chi connectivity index (χ2v) is 16.0. The van der Waals surface area contributed by atoms with Crippen LogP contribution < -0.4 is 4.90 Å². The quantitative estimate of drug-likeness (QED) is 0.162. The number of thiophene rings is 1. The van der Waals surface area contributed by atoms with Gasteiger partial charge in [0, 0.05) is 42.6 Å². The van der Waals surface area contributed by atoms with Crippen LogP contribution in [0.2, 0.25) is 0 Å². The minimum absolute atomic E-state index is 0.162. The molecule has 0 atom stereocenters. The lowest BCUT2D eigenvalue weighted by Gasteiger charge is -2.28. The van der Waals surface area contributed by atoms with Gasteiger partial charge in [0.05, 0.1) is 0 Å². The van der Waals surface area contributed by atoms with E-state index in [4.69, 9.17) is 0 Å². The van der Waals surface area contributed by atoms with E-state index in [1.807, 2.05) is 11.3 Å². The van der Waals surface area contributed by atoms with E-state index in [-0.39, 0.29) is 5.41 Å². The zero-order valence-electron chi connectivity index (χ0n) is 29.6. The molecule has 1 aliphatic carbocycles. The third-order valence-corrected chi connectivity index (χ3v) is 12.7. The summed E-state index contributed by atoms with van der Waals surface area (Å²) in [7, 11) is 0. The van der Waals surface area contributed by atoms with E-state index in [9.17, 15) is 0 Å². The maximum Gasteiger partial charge on any atom is 0.0482 e. The van der Waals surface area contributed by atoms with Crippen molar-refractivity contribution in [3.05, 3.63) is 187 Å². The summed E-state index contributed by atoms with van der Waals surface area (Å²) in [6.07, 6.45) is 0. The fourth-order valence-electron chi connectivity index (χ4n) is 9.10. The molecular weight excluding hydrogens is 659 g/mol. The van der Waals surface area contributed by atoms with E-state index in [1.54, 1.807) is 0 Å².